The molecule has 5 nitrogen and oxygen atoms in total. The molecule has 0 aliphatic heterocycles. The number of rotatable bonds is 6. The van der Waals surface area contributed by atoms with Crippen LogP contribution in [0.1, 0.15) is 22.9 Å². The van der Waals surface area contributed by atoms with E-state index in [2.05, 4.69) is 10.3 Å². The molecule has 29 heavy (non-hydrogen) atoms. The molecule has 0 bridgehead atoms. The Hall–Kier alpha value is -3.73. The molecule has 3 aromatic carbocycles. The first-order chi connectivity index (χ1) is 14.3. The highest BCUT2D eigenvalue weighted by Gasteiger charge is 2.18. The smallest absolute Gasteiger partial charge is 0.408 e. The zero-order valence-electron chi connectivity index (χ0n) is 15.9. The van der Waals surface area contributed by atoms with Crippen LogP contribution in [0.2, 0.25) is 0 Å². The Labute approximate surface area is 169 Å². The molecule has 1 atom stereocenters. The molecule has 0 saturated carbocycles. The predicted octanol–water partition coefficient (Wildman–Crippen LogP) is 4.84. The summed E-state index contributed by atoms with van der Waals surface area (Å²) < 4.78 is 5.41. The highest BCUT2D eigenvalue weighted by Crippen LogP contribution is 2.19. The van der Waals surface area contributed by atoms with Crippen LogP contribution in [-0.2, 0) is 17.8 Å². The molecule has 1 heterocycles. The molecular weight excluding hydrogens is 362 g/mol. The second-order valence-electron chi connectivity index (χ2n) is 6.73. The van der Waals surface area contributed by atoms with Crippen molar-refractivity contribution >= 4 is 17.1 Å². The van der Waals surface area contributed by atoms with Gasteiger partial charge in [0.25, 0.3) is 0 Å². The van der Waals surface area contributed by atoms with Crippen LogP contribution >= 0.6 is 0 Å². The van der Waals surface area contributed by atoms with Crippen LogP contribution in [0.15, 0.2) is 91.1 Å². The Morgan fingerprint density at radius 3 is 2.17 bits per heavy atom. The average molecular weight is 383 g/mol. The van der Waals surface area contributed by atoms with Gasteiger partial charge in [0, 0.05) is 0 Å². The number of para-hydroxylation sites is 2. The molecule has 0 aliphatic carbocycles. The summed E-state index contributed by atoms with van der Waals surface area (Å²) in [4.78, 5) is 21.7. The van der Waals surface area contributed by atoms with Gasteiger partial charge in [-0.05, 0) is 29.7 Å². The number of alkyl carbamates (subject to hydrolysis) is 1. The molecule has 1 amide bonds. The van der Waals surface area contributed by atoms with Crippen LogP contribution in [0, 0.1) is 0 Å². The van der Waals surface area contributed by atoms with Gasteiger partial charge in [0.1, 0.15) is 6.61 Å². The summed E-state index contributed by atoms with van der Waals surface area (Å²) in [7, 11) is 0. The number of carbonyl (C=O) groups is 1. The normalized spacial score (nSPS) is 11.7. The number of amides is 1. The molecule has 0 unspecified atom stereocenters. The van der Waals surface area contributed by atoms with Gasteiger partial charge in [-0.1, -0.05) is 72.8 Å². The Morgan fingerprint density at radius 2 is 1.45 bits per heavy atom. The molecule has 144 valence electrons. The Bertz CT molecular complexity index is 1080. The fraction of sp³-hybridized carbons (Fsp3) is 0.125. The second-order valence-corrected chi connectivity index (χ2v) is 6.73. The number of nitrogens with zero attached hydrogens (tertiary/aromatic N) is 2. The van der Waals surface area contributed by atoms with E-state index in [1.165, 1.54) is 0 Å². The van der Waals surface area contributed by atoms with E-state index in [1.54, 1.807) is 6.20 Å². The van der Waals surface area contributed by atoms with Crippen LogP contribution in [0.3, 0.4) is 0 Å². The van der Waals surface area contributed by atoms with Crippen molar-refractivity contribution in [1.29, 1.82) is 0 Å². The fourth-order valence-electron chi connectivity index (χ4n) is 3.13. The van der Waals surface area contributed by atoms with E-state index in [0.29, 0.717) is 12.1 Å². The molecule has 0 radical (unpaired) electrons. The highest BCUT2D eigenvalue weighted by atomic mass is 16.5. The van der Waals surface area contributed by atoms with Crippen molar-refractivity contribution in [3.8, 4) is 0 Å². The van der Waals surface area contributed by atoms with E-state index in [1.807, 2.05) is 84.9 Å². The zero-order chi connectivity index (χ0) is 19.9. The summed E-state index contributed by atoms with van der Waals surface area (Å²) in [6.07, 6.45) is 1.83. The zero-order valence-corrected chi connectivity index (χ0v) is 15.9. The van der Waals surface area contributed by atoms with E-state index in [-0.39, 0.29) is 12.6 Å². The quantitative estimate of drug-likeness (QED) is 0.517. The lowest BCUT2D eigenvalue weighted by Gasteiger charge is -2.18. The fourth-order valence-corrected chi connectivity index (χ4v) is 3.13. The number of ether oxygens (including phenoxy) is 1. The lowest BCUT2D eigenvalue weighted by Crippen LogP contribution is -2.31. The van der Waals surface area contributed by atoms with E-state index in [9.17, 15) is 4.79 Å². The summed E-state index contributed by atoms with van der Waals surface area (Å²) in [6.45, 7) is 0.216. The van der Waals surface area contributed by atoms with Crippen molar-refractivity contribution in [3.05, 3.63) is 108 Å². The summed E-state index contributed by atoms with van der Waals surface area (Å²) in [6, 6.07) is 26.9. The molecule has 4 rings (SSSR count). The number of nitrogens with one attached hydrogen (secondary N) is 1. The molecular formula is C24H21N3O2. The van der Waals surface area contributed by atoms with Crippen molar-refractivity contribution in [2.45, 2.75) is 19.1 Å². The largest absolute Gasteiger partial charge is 0.445 e. The minimum Gasteiger partial charge on any atom is -0.445 e. The molecule has 0 fully saturated rings. The highest BCUT2D eigenvalue weighted by molar-refractivity contribution is 5.74. The predicted molar refractivity (Wildman–Crippen MR) is 112 cm³/mol. The van der Waals surface area contributed by atoms with Crippen LogP contribution in [0.25, 0.3) is 11.0 Å². The van der Waals surface area contributed by atoms with Crippen molar-refractivity contribution < 1.29 is 9.53 Å². The van der Waals surface area contributed by atoms with Crippen LogP contribution < -0.4 is 5.32 Å². The number of carbonyl (C=O) groups excluding carboxylic acids is 1. The van der Waals surface area contributed by atoms with E-state index < -0.39 is 6.09 Å². The molecule has 4 aromatic rings. The van der Waals surface area contributed by atoms with Crippen LogP contribution in [0.4, 0.5) is 4.79 Å². The first kappa shape index (κ1) is 18.6. The van der Waals surface area contributed by atoms with Crippen molar-refractivity contribution in [2.24, 2.45) is 0 Å². The maximum absolute atomic E-state index is 12.5. The molecule has 0 spiro atoms. The minimum absolute atomic E-state index is 0.216. The molecule has 0 aliphatic rings. The van der Waals surface area contributed by atoms with Crippen molar-refractivity contribution in [1.82, 2.24) is 15.3 Å². The first-order valence-corrected chi connectivity index (χ1v) is 9.51. The maximum Gasteiger partial charge on any atom is 0.408 e. The lowest BCUT2D eigenvalue weighted by atomic mass is 10.0. The summed E-state index contributed by atoms with van der Waals surface area (Å²) >= 11 is 0. The van der Waals surface area contributed by atoms with Gasteiger partial charge in [-0.3, -0.25) is 4.98 Å². The van der Waals surface area contributed by atoms with Crippen LogP contribution in [-0.4, -0.2) is 16.1 Å². The summed E-state index contributed by atoms with van der Waals surface area (Å²) in [5.74, 6) is 0. The number of fused-ring (bicyclic) bond motifs is 1. The molecule has 1 N–H and O–H groups in total. The third kappa shape index (κ3) is 4.96. The summed E-state index contributed by atoms with van der Waals surface area (Å²) in [5.41, 5.74) is 4.34. The summed E-state index contributed by atoms with van der Waals surface area (Å²) in [5, 5.41) is 2.95. The van der Waals surface area contributed by atoms with Gasteiger partial charge in [0.05, 0.1) is 29.0 Å². The lowest BCUT2D eigenvalue weighted by molar-refractivity contribution is 0.135. The van der Waals surface area contributed by atoms with Gasteiger partial charge >= 0.3 is 6.09 Å². The molecule has 0 saturated heterocycles. The topological polar surface area (TPSA) is 64.1 Å². The van der Waals surface area contributed by atoms with Crippen molar-refractivity contribution in [2.75, 3.05) is 0 Å². The number of aromatic nitrogens is 2. The molecule has 5 heteroatoms. The second kappa shape index (κ2) is 8.97. The SMILES string of the molecule is O=C(N[C@@H](Cc1ccccc1)c1cnc2ccccc2n1)OCc1ccccc1. The van der Waals surface area contributed by atoms with Gasteiger partial charge < -0.3 is 10.1 Å². The standard InChI is InChI=1S/C24H21N3O2/c28-24(29-17-19-11-5-2-6-12-19)27-22(15-18-9-3-1-4-10-18)23-16-25-20-13-7-8-14-21(20)26-23/h1-14,16,22H,15,17H2,(H,27,28)/t22-/m0/s1. The Morgan fingerprint density at radius 1 is 0.828 bits per heavy atom. The van der Waals surface area contributed by atoms with Gasteiger partial charge in [-0.25, -0.2) is 9.78 Å². The Balaban J connectivity index is 1.53. The molecule has 1 aromatic heterocycles. The monoisotopic (exact) mass is 383 g/mol. The van der Waals surface area contributed by atoms with Gasteiger partial charge in [-0.15, -0.1) is 0 Å². The van der Waals surface area contributed by atoms with E-state index in [4.69, 9.17) is 9.72 Å². The average Bonchev–Trinajstić information content (AvgIpc) is 2.78. The van der Waals surface area contributed by atoms with Crippen molar-refractivity contribution in [3.63, 3.8) is 0 Å². The van der Waals surface area contributed by atoms with E-state index >= 15 is 0 Å². The maximum atomic E-state index is 12.5. The minimum atomic E-state index is -0.482. The van der Waals surface area contributed by atoms with E-state index in [0.717, 1.165) is 22.2 Å². The number of hydrogen-bond donors (Lipinski definition) is 1. The number of benzene rings is 3. The number of hydrogen-bond acceptors (Lipinski definition) is 4. The van der Waals surface area contributed by atoms with Gasteiger partial charge in [0.2, 0.25) is 0 Å². The Kier molecular flexibility index (Phi) is 5.76. The first-order valence-electron chi connectivity index (χ1n) is 9.51. The van der Waals surface area contributed by atoms with Gasteiger partial charge in [0.15, 0.2) is 0 Å². The third-order valence-electron chi connectivity index (χ3n) is 4.61. The van der Waals surface area contributed by atoms with Crippen LogP contribution in [0.5, 0.6) is 0 Å². The third-order valence-corrected chi connectivity index (χ3v) is 4.61. The van der Waals surface area contributed by atoms with Gasteiger partial charge in [-0.2, -0.15) is 0 Å².